The van der Waals surface area contributed by atoms with Crippen molar-refractivity contribution in [1.82, 2.24) is 9.97 Å². The van der Waals surface area contributed by atoms with Gasteiger partial charge in [-0.2, -0.15) is 0 Å². The lowest BCUT2D eigenvalue weighted by Crippen LogP contribution is -1.80. The van der Waals surface area contributed by atoms with Crippen molar-refractivity contribution in [3.8, 4) is 0 Å². The van der Waals surface area contributed by atoms with E-state index in [0.717, 1.165) is 5.69 Å². The van der Waals surface area contributed by atoms with E-state index in [9.17, 15) is 0 Å². The summed E-state index contributed by atoms with van der Waals surface area (Å²) < 4.78 is 0. The van der Waals surface area contributed by atoms with Gasteiger partial charge in [-0.25, -0.2) is 0 Å². The normalized spacial score (nSPS) is 9.67. The third kappa shape index (κ3) is 2.81. The van der Waals surface area contributed by atoms with Gasteiger partial charge in [0.1, 0.15) is 0 Å². The molecule has 5 heteroatoms. The molecular formula is C7H7N5. The molecule has 0 saturated heterocycles. The number of aromatic nitrogens is 2. The van der Waals surface area contributed by atoms with Crippen LogP contribution < -0.4 is 0 Å². The Kier molecular flexibility index (Phi) is 3.34. The molecule has 1 aromatic rings. The van der Waals surface area contributed by atoms with Crippen molar-refractivity contribution in [3.05, 3.63) is 40.8 Å². The van der Waals surface area contributed by atoms with Crippen LogP contribution in [0.4, 0.5) is 0 Å². The van der Waals surface area contributed by atoms with Gasteiger partial charge < -0.3 is 0 Å². The fourth-order valence-electron chi connectivity index (χ4n) is 0.654. The maximum absolute atomic E-state index is 7.96. The Bertz CT molecular complexity index is 299. The van der Waals surface area contributed by atoms with Crippen LogP contribution in [0.2, 0.25) is 0 Å². The van der Waals surface area contributed by atoms with Crippen molar-refractivity contribution >= 4 is 6.08 Å². The van der Waals surface area contributed by atoms with Gasteiger partial charge in [0.25, 0.3) is 0 Å². The molecule has 0 fully saturated rings. The fourth-order valence-corrected chi connectivity index (χ4v) is 0.654. The van der Waals surface area contributed by atoms with E-state index in [-0.39, 0.29) is 0 Å². The molecule has 1 rings (SSSR count). The minimum atomic E-state index is 0.340. The Labute approximate surface area is 69.4 Å². The van der Waals surface area contributed by atoms with E-state index in [2.05, 4.69) is 20.0 Å². The van der Waals surface area contributed by atoms with E-state index in [1.165, 1.54) is 0 Å². The molecule has 0 radical (unpaired) electrons. The monoisotopic (exact) mass is 161 g/mol. The molecule has 0 aliphatic rings. The van der Waals surface area contributed by atoms with Crippen molar-refractivity contribution in [2.24, 2.45) is 5.11 Å². The summed E-state index contributed by atoms with van der Waals surface area (Å²) in [6, 6.07) is 0. The van der Waals surface area contributed by atoms with Crippen molar-refractivity contribution in [2.45, 2.75) is 0 Å². The largest absolute Gasteiger partial charge is 0.261 e. The summed E-state index contributed by atoms with van der Waals surface area (Å²) in [6.45, 7) is 0.340. The molecular weight excluding hydrogens is 154 g/mol. The fraction of sp³-hybridized carbons (Fsp3) is 0.143. The Morgan fingerprint density at radius 1 is 1.58 bits per heavy atom. The van der Waals surface area contributed by atoms with E-state index >= 15 is 0 Å². The van der Waals surface area contributed by atoms with Gasteiger partial charge in [0.05, 0.1) is 11.9 Å². The molecule has 5 nitrogen and oxygen atoms in total. The number of nitrogens with zero attached hydrogens (tertiary/aromatic N) is 5. The SMILES string of the molecule is [N-]=[N+]=NCC=Cc1cnccn1. The molecule has 0 atom stereocenters. The molecule has 0 aliphatic carbocycles. The van der Waals surface area contributed by atoms with Crippen molar-refractivity contribution in [1.29, 1.82) is 0 Å². The summed E-state index contributed by atoms with van der Waals surface area (Å²) in [5.74, 6) is 0. The molecule has 12 heavy (non-hydrogen) atoms. The van der Waals surface area contributed by atoms with Crippen LogP contribution in [-0.4, -0.2) is 16.5 Å². The highest BCUT2D eigenvalue weighted by atomic mass is 15.1. The lowest BCUT2D eigenvalue weighted by Gasteiger charge is -1.87. The maximum Gasteiger partial charge on any atom is 0.0809 e. The first-order valence-electron chi connectivity index (χ1n) is 3.37. The second-order valence-electron chi connectivity index (χ2n) is 1.95. The second-order valence-corrected chi connectivity index (χ2v) is 1.95. The first kappa shape index (κ1) is 8.23. The van der Waals surface area contributed by atoms with Gasteiger partial charge in [0, 0.05) is 23.9 Å². The van der Waals surface area contributed by atoms with Crippen molar-refractivity contribution in [2.75, 3.05) is 6.54 Å². The summed E-state index contributed by atoms with van der Waals surface area (Å²) in [5, 5.41) is 3.33. The van der Waals surface area contributed by atoms with Crippen molar-refractivity contribution < 1.29 is 0 Å². The maximum atomic E-state index is 7.96. The van der Waals surface area contributed by atoms with Gasteiger partial charge >= 0.3 is 0 Å². The van der Waals surface area contributed by atoms with Crippen LogP contribution in [0.3, 0.4) is 0 Å². The third-order valence-corrected chi connectivity index (χ3v) is 1.12. The highest BCUT2D eigenvalue weighted by Gasteiger charge is 1.82. The molecule has 0 bridgehead atoms. The predicted molar refractivity (Wildman–Crippen MR) is 45.1 cm³/mol. The Balaban J connectivity index is 2.52. The lowest BCUT2D eigenvalue weighted by molar-refractivity contribution is 1.17. The minimum Gasteiger partial charge on any atom is -0.261 e. The van der Waals surface area contributed by atoms with Crippen LogP contribution in [0.25, 0.3) is 16.5 Å². The quantitative estimate of drug-likeness (QED) is 0.385. The number of hydrogen-bond acceptors (Lipinski definition) is 3. The van der Waals surface area contributed by atoms with Gasteiger partial charge in [0.2, 0.25) is 0 Å². The van der Waals surface area contributed by atoms with Gasteiger partial charge in [-0.3, -0.25) is 9.97 Å². The van der Waals surface area contributed by atoms with Gasteiger partial charge in [-0.05, 0) is 11.6 Å². The highest BCUT2D eigenvalue weighted by molar-refractivity contribution is 5.42. The van der Waals surface area contributed by atoms with Crippen molar-refractivity contribution in [3.63, 3.8) is 0 Å². The molecule has 1 aromatic heterocycles. The molecule has 60 valence electrons. The summed E-state index contributed by atoms with van der Waals surface area (Å²) in [5.41, 5.74) is 8.72. The molecule has 0 aliphatic heterocycles. The zero-order valence-corrected chi connectivity index (χ0v) is 6.33. The molecule has 0 aromatic carbocycles. The molecule has 1 heterocycles. The van der Waals surface area contributed by atoms with E-state index in [1.807, 2.05) is 0 Å². The number of azide groups is 1. The van der Waals surface area contributed by atoms with Crippen LogP contribution in [0.15, 0.2) is 29.8 Å². The predicted octanol–water partition coefficient (Wildman–Crippen LogP) is 1.80. The summed E-state index contributed by atoms with van der Waals surface area (Å²) in [4.78, 5) is 10.5. The summed E-state index contributed by atoms with van der Waals surface area (Å²) >= 11 is 0. The smallest absolute Gasteiger partial charge is 0.0809 e. The molecule has 0 N–H and O–H groups in total. The zero-order chi connectivity index (χ0) is 8.65. The Hall–Kier alpha value is -1.87. The molecule has 0 saturated carbocycles. The average molecular weight is 161 g/mol. The topological polar surface area (TPSA) is 74.5 Å². The van der Waals surface area contributed by atoms with Gasteiger partial charge in [-0.15, -0.1) is 0 Å². The molecule has 0 amide bonds. The number of hydrogen-bond donors (Lipinski definition) is 0. The Morgan fingerprint density at radius 3 is 3.17 bits per heavy atom. The zero-order valence-electron chi connectivity index (χ0n) is 6.33. The van der Waals surface area contributed by atoms with Gasteiger partial charge in [0.15, 0.2) is 0 Å². The number of rotatable bonds is 3. The molecule has 0 spiro atoms. The van der Waals surface area contributed by atoms with E-state index in [1.54, 1.807) is 30.7 Å². The van der Waals surface area contributed by atoms with E-state index in [4.69, 9.17) is 5.53 Å². The second kappa shape index (κ2) is 4.87. The first-order valence-corrected chi connectivity index (χ1v) is 3.37. The van der Waals surface area contributed by atoms with Crippen LogP contribution >= 0.6 is 0 Å². The van der Waals surface area contributed by atoms with Gasteiger partial charge in [-0.1, -0.05) is 11.2 Å². The van der Waals surface area contributed by atoms with Crippen LogP contribution in [0.1, 0.15) is 5.69 Å². The van der Waals surface area contributed by atoms with E-state index in [0.29, 0.717) is 6.54 Å². The standard InChI is InChI=1S/C7H7N5/c8-12-11-3-1-2-7-6-9-4-5-10-7/h1-2,4-6H,3H2. The van der Waals surface area contributed by atoms with Crippen LogP contribution in [0.5, 0.6) is 0 Å². The summed E-state index contributed by atoms with van der Waals surface area (Å²) in [6.07, 6.45) is 8.32. The van der Waals surface area contributed by atoms with E-state index < -0.39 is 0 Å². The third-order valence-electron chi connectivity index (χ3n) is 1.12. The van der Waals surface area contributed by atoms with Crippen LogP contribution in [0, 0.1) is 0 Å². The minimum absolute atomic E-state index is 0.340. The van der Waals surface area contributed by atoms with Crippen LogP contribution in [-0.2, 0) is 0 Å². The highest BCUT2D eigenvalue weighted by Crippen LogP contribution is 1.92. The average Bonchev–Trinajstić information content (AvgIpc) is 2.14. The summed E-state index contributed by atoms with van der Waals surface area (Å²) in [7, 11) is 0. The molecule has 0 unspecified atom stereocenters. The Morgan fingerprint density at radius 2 is 2.50 bits per heavy atom. The lowest BCUT2D eigenvalue weighted by atomic mass is 10.4. The first-order chi connectivity index (χ1) is 5.93.